The van der Waals surface area contributed by atoms with Gasteiger partial charge in [0.15, 0.2) is 0 Å². The van der Waals surface area contributed by atoms with E-state index in [2.05, 4.69) is 39.0 Å². The maximum Gasteiger partial charge on any atom is 0.290 e. The van der Waals surface area contributed by atoms with Crippen molar-refractivity contribution in [1.82, 2.24) is 9.97 Å². The summed E-state index contributed by atoms with van der Waals surface area (Å²) in [6.07, 6.45) is 5.07. The van der Waals surface area contributed by atoms with Crippen LogP contribution in [0.1, 0.15) is 32.6 Å². The van der Waals surface area contributed by atoms with Gasteiger partial charge in [-0.2, -0.15) is 0 Å². The second kappa shape index (κ2) is 9.62. The molecule has 0 amide bonds. The van der Waals surface area contributed by atoms with Crippen LogP contribution in [0.3, 0.4) is 0 Å². The third-order valence-electron chi connectivity index (χ3n) is 6.03. The molecule has 2 N–H and O–H groups in total. The van der Waals surface area contributed by atoms with E-state index in [1.807, 2.05) is 33.3 Å². The summed E-state index contributed by atoms with van der Waals surface area (Å²) in [5.41, 5.74) is 2.39. The molecule has 8 nitrogen and oxygen atoms in total. The van der Waals surface area contributed by atoms with E-state index in [9.17, 15) is 5.11 Å². The number of carboxylic acid groups (broad SMARTS) is 1. The molecule has 31 heavy (non-hydrogen) atoms. The van der Waals surface area contributed by atoms with Gasteiger partial charge in [-0.15, -0.1) is 0 Å². The van der Waals surface area contributed by atoms with Gasteiger partial charge in [-0.3, -0.25) is 4.79 Å². The van der Waals surface area contributed by atoms with Gasteiger partial charge in [-0.1, -0.05) is 12.1 Å². The minimum Gasteiger partial charge on any atom is -0.483 e. The largest absolute Gasteiger partial charge is 0.483 e. The van der Waals surface area contributed by atoms with Crippen molar-refractivity contribution in [3.8, 4) is 11.3 Å². The highest BCUT2D eigenvalue weighted by molar-refractivity contribution is 5.63. The van der Waals surface area contributed by atoms with Crippen LogP contribution >= 0.6 is 0 Å². The minimum atomic E-state index is -0.616. The van der Waals surface area contributed by atoms with E-state index in [-0.39, 0.29) is 12.1 Å². The number of rotatable bonds is 3. The lowest BCUT2D eigenvalue weighted by Gasteiger charge is -2.48. The van der Waals surface area contributed by atoms with Crippen molar-refractivity contribution in [1.29, 1.82) is 0 Å². The van der Waals surface area contributed by atoms with Crippen molar-refractivity contribution in [3.05, 3.63) is 36.5 Å². The number of carbonyl (C=O) groups is 1. The molecule has 168 valence electrons. The van der Waals surface area contributed by atoms with Gasteiger partial charge < -0.3 is 24.7 Å². The Morgan fingerprint density at radius 2 is 1.77 bits per heavy atom. The van der Waals surface area contributed by atoms with Gasteiger partial charge in [-0.25, -0.2) is 9.97 Å². The summed E-state index contributed by atoms with van der Waals surface area (Å²) in [6, 6.07) is 10.4. The molecule has 1 aromatic carbocycles. The second-order valence-corrected chi connectivity index (χ2v) is 8.73. The molecule has 8 heteroatoms. The zero-order chi connectivity index (χ0) is 22.5. The minimum absolute atomic E-state index is 0.197. The highest BCUT2D eigenvalue weighted by Crippen LogP contribution is 2.39. The lowest BCUT2D eigenvalue weighted by atomic mass is 9.78. The number of anilines is 2. The molecular weight excluding hydrogens is 396 g/mol. The van der Waals surface area contributed by atoms with E-state index in [4.69, 9.17) is 19.6 Å². The second-order valence-electron chi connectivity index (χ2n) is 8.73. The van der Waals surface area contributed by atoms with Crippen LogP contribution in [0.25, 0.3) is 11.3 Å². The van der Waals surface area contributed by atoms with Gasteiger partial charge in [0, 0.05) is 51.1 Å². The number of aliphatic hydroxyl groups is 1. The number of aromatic nitrogens is 2. The Morgan fingerprint density at radius 1 is 1.13 bits per heavy atom. The first kappa shape index (κ1) is 23.0. The third-order valence-corrected chi connectivity index (χ3v) is 6.03. The van der Waals surface area contributed by atoms with Crippen LogP contribution in [0.5, 0.6) is 0 Å². The zero-order valence-corrected chi connectivity index (χ0v) is 18.5. The van der Waals surface area contributed by atoms with Crippen molar-refractivity contribution in [2.24, 2.45) is 0 Å². The van der Waals surface area contributed by atoms with Crippen LogP contribution in [-0.2, 0) is 9.53 Å². The lowest BCUT2D eigenvalue weighted by molar-refractivity contribution is -0.162. The highest BCUT2D eigenvalue weighted by Gasteiger charge is 2.44. The molecule has 2 aromatic rings. The summed E-state index contributed by atoms with van der Waals surface area (Å²) in [5.74, 6) is 0.770. The van der Waals surface area contributed by atoms with E-state index in [0.29, 0.717) is 13.0 Å². The molecule has 0 saturated carbocycles. The number of piperidine rings is 1. The molecule has 1 atom stereocenters. The van der Waals surface area contributed by atoms with Crippen molar-refractivity contribution >= 4 is 18.1 Å². The summed E-state index contributed by atoms with van der Waals surface area (Å²) in [7, 11) is 4.08. The van der Waals surface area contributed by atoms with E-state index in [0.717, 1.165) is 49.6 Å². The molecule has 3 heterocycles. The van der Waals surface area contributed by atoms with Gasteiger partial charge in [0.25, 0.3) is 6.47 Å². The Hall–Kier alpha value is -2.71. The molecule has 0 bridgehead atoms. The lowest BCUT2D eigenvalue weighted by Crippen LogP contribution is -2.53. The Labute approximate surface area is 183 Å². The number of hydrogen-bond donors (Lipinski definition) is 2. The van der Waals surface area contributed by atoms with Crippen LogP contribution in [0.15, 0.2) is 36.5 Å². The van der Waals surface area contributed by atoms with Crippen molar-refractivity contribution in [3.63, 3.8) is 0 Å². The SMILES string of the molecule is CN(C)c1ccc(-c2ccnc(N3CCC4(CC3)CC(C)(O)CCO4)n2)cc1.O=CO. The molecule has 2 fully saturated rings. The third kappa shape index (κ3) is 5.71. The molecule has 2 aliphatic heterocycles. The number of nitrogens with zero attached hydrogens (tertiary/aromatic N) is 4. The predicted octanol–water partition coefficient (Wildman–Crippen LogP) is 2.81. The molecular formula is C23H32N4O4. The smallest absolute Gasteiger partial charge is 0.290 e. The van der Waals surface area contributed by atoms with Crippen LogP contribution in [0, 0.1) is 0 Å². The topological polar surface area (TPSA) is 99.0 Å². The first-order chi connectivity index (χ1) is 14.8. The standard InChI is InChI=1S/C22H30N4O2.CH2O2/c1-21(27)11-15-28-22(16-21)9-13-26(14-10-22)20-23-12-8-19(24-20)17-4-6-18(7-5-17)25(2)3;2-1-3/h4-8,12,27H,9-11,13-16H2,1-3H3;1H,(H,2,3). The number of ether oxygens (including phenoxy) is 1. The fraction of sp³-hybridized carbons (Fsp3) is 0.522. The molecule has 0 aliphatic carbocycles. The summed E-state index contributed by atoms with van der Waals surface area (Å²) >= 11 is 0. The van der Waals surface area contributed by atoms with E-state index >= 15 is 0 Å². The first-order valence-corrected chi connectivity index (χ1v) is 10.6. The molecule has 2 saturated heterocycles. The molecule has 1 spiro atoms. The molecule has 1 unspecified atom stereocenters. The average Bonchev–Trinajstić information content (AvgIpc) is 2.74. The molecule has 4 rings (SSSR count). The Balaban J connectivity index is 0.000000858. The van der Waals surface area contributed by atoms with Crippen LogP contribution < -0.4 is 9.80 Å². The van der Waals surface area contributed by atoms with Gasteiger partial charge in [0.1, 0.15) is 0 Å². The predicted molar refractivity (Wildman–Crippen MR) is 120 cm³/mol. The molecule has 2 aliphatic rings. The summed E-state index contributed by atoms with van der Waals surface area (Å²) < 4.78 is 6.12. The molecule has 1 aromatic heterocycles. The summed E-state index contributed by atoms with van der Waals surface area (Å²) in [4.78, 5) is 22.0. The highest BCUT2D eigenvalue weighted by atomic mass is 16.5. The fourth-order valence-electron chi connectivity index (χ4n) is 4.35. The Kier molecular flexibility index (Phi) is 7.12. The van der Waals surface area contributed by atoms with Crippen molar-refractivity contribution in [2.45, 2.75) is 43.8 Å². The summed E-state index contributed by atoms with van der Waals surface area (Å²) in [5, 5.41) is 17.4. The number of benzene rings is 1. The van der Waals surface area contributed by atoms with E-state index in [1.165, 1.54) is 5.69 Å². The van der Waals surface area contributed by atoms with Gasteiger partial charge >= 0.3 is 0 Å². The van der Waals surface area contributed by atoms with Gasteiger partial charge in [0.05, 0.1) is 23.5 Å². The summed E-state index contributed by atoms with van der Waals surface area (Å²) in [6.45, 7) is 4.01. The van der Waals surface area contributed by atoms with Crippen molar-refractivity contribution in [2.75, 3.05) is 43.6 Å². The van der Waals surface area contributed by atoms with E-state index < -0.39 is 5.60 Å². The van der Waals surface area contributed by atoms with Gasteiger partial charge in [-0.05, 0) is 44.4 Å². The normalized spacial score (nSPS) is 22.4. The maximum absolute atomic E-state index is 10.5. The van der Waals surface area contributed by atoms with Crippen molar-refractivity contribution < 1.29 is 19.7 Å². The Morgan fingerprint density at radius 3 is 2.35 bits per heavy atom. The van der Waals surface area contributed by atoms with Crippen LogP contribution in [0.2, 0.25) is 0 Å². The Bertz CT molecular complexity index is 862. The molecule has 0 radical (unpaired) electrons. The van der Waals surface area contributed by atoms with E-state index in [1.54, 1.807) is 0 Å². The monoisotopic (exact) mass is 428 g/mol. The zero-order valence-electron chi connectivity index (χ0n) is 18.5. The maximum atomic E-state index is 10.5. The number of hydrogen-bond acceptors (Lipinski definition) is 7. The van der Waals surface area contributed by atoms with Crippen LogP contribution in [0.4, 0.5) is 11.6 Å². The fourth-order valence-corrected chi connectivity index (χ4v) is 4.35. The first-order valence-electron chi connectivity index (χ1n) is 10.6. The average molecular weight is 429 g/mol. The quantitative estimate of drug-likeness (QED) is 0.720. The van der Waals surface area contributed by atoms with Crippen LogP contribution in [-0.4, -0.2) is 71.6 Å². The van der Waals surface area contributed by atoms with Gasteiger partial charge in [0.2, 0.25) is 5.95 Å².